The number of benzene rings is 1. The van der Waals surface area contributed by atoms with E-state index in [0.29, 0.717) is 5.69 Å². The number of nitrogens with one attached hydrogen (secondary N) is 1. The fraction of sp³-hybridized carbons (Fsp3) is 0.636. The molecule has 2 heterocycles. The van der Waals surface area contributed by atoms with E-state index in [1.807, 2.05) is 0 Å². The van der Waals surface area contributed by atoms with Crippen molar-refractivity contribution >= 4 is 33.2 Å². The summed E-state index contributed by atoms with van der Waals surface area (Å²) in [7, 11) is -0.691. The van der Waals surface area contributed by atoms with E-state index in [-0.39, 0.29) is 35.3 Å². The second kappa shape index (κ2) is 8.78. The predicted octanol–water partition coefficient (Wildman–Crippen LogP) is 2.09. The Hall–Kier alpha value is -2.13. The molecule has 1 saturated heterocycles. The number of rotatable bonds is 5. The molecule has 1 aromatic rings. The molecule has 1 aromatic carbocycles. The number of sulfonamides is 1. The van der Waals surface area contributed by atoms with Crippen molar-refractivity contribution in [2.24, 2.45) is 0 Å². The van der Waals surface area contributed by atoms with Crippen LogP contribution in [0, 0.1) is 0 Å². The van der Waals surface area contributed by atoms with Gasteiger partial charge < -0.3 is 10.2 Å². The van der Waals surface area contributed by atoms with Crippen LogP contribution >= 0.6 is 0 Å². The molecule has 1 aliphatic carbocycles. The highest BCUT2D eigenvalue weighted by Gasteiger charge is 2.40. The lowest BCUT2D eigenvalue weighted by Crippen LogP contribution is -2.57. The van der Waals surface area contributed by atoms with Crippen molar-refractivity contribution in [3.05, 3.63) is 18.2 Å². The molecule has 2 amide bonds. The molecule has 31 heavy (non-hydrogen) atoms. The fourth-order valence-electron chi connectivity index (χ4n) is 4.94. The molecule has 0 unspecified atom stereocenters. The van der Waals surface area contributed by atoms with Crippen LogP contribution < -0.4 is 15.1 Å². The molecule has 0 radical (unpaired) electrons. The number of amides is 2. The first-order chi connectivity index (χ1) is 14.8. The Kier molecular flexibility index (Phi) is 6.25. The molecule has 0 aromatic heterocycles. The Labute approximate surface area is 184 Å². The van der Waals surface area contributed by atoms with Crippen LogP contribution in [0.5, 0.6) is 0 Å². The van der Waals surface area contributed by atoms with Crippen LogP contribution in [0.3, 0.4) is 0 Å². The third-order valence-electron chi connectivity index (χ3n) is 6.65. The van der Waals surface area contributed by atoms with Crippen molar-refractivity contribution in [1.29, 1.82) is 0 Å². The SMILES string of the molecule is CN(C)S(=O)(=O)c1ccc2c(c1)N(CC(=O)NC1CCCCC1)C(=O)[C@@H]1CCCCN21. The molecular weight excluding hydrogens is 416 g/mol. The minimum absolute atomic E-state index is 0.0852. The molecule has 0 bridgehead atoms. The predicted molar refractivity (Wildman–Crippen MR) is 120 cm³/mol. The first-order valence-electron chi connectivity index (χ1n) is 11.2. The van der Waals surface area contributed by atoms with Gasteiger partial charge in [-0.2, -0.15) is 0 Å². The van der Waals surface area contributed by atoms with Gasteiger partial charge >= 0.3 is 0 Å². The highest BCUT2D eigenvalue weighted by atomic mass is 32.2. The van der Waals surface area contributed by atoms with Gasteiger partial charge in [-0.25, -0.2) is 12.7 Å². The molecule has 1 N–H and O–H groups in total. The summed E-state index contributed by atoms with van der Waals surface area (Å²) in [5.41, 5.74) is 1.33. The third-order valence-corrected chi connectivity index (χ3v) is 8.46. The van der Waals surface area contributed by atoms with Crippen LogP contribution in [0.25, 0.3) is 0 Å². The summed E-state index contributed by atoms with van der Waals surface area (Å²) in [6.45, 7) is 0.670. The molecule has 9 heteroatoms. The lowest BCUT2D eigenvalue weighted by Gasteiger charge is -2.45. The molecule has 4 rings (SSSR count). The zero-order chi connectivity index (χ0) is 22.2. The van der Waals surface area contributed by atoms with E-state index in [4.69, 9.17) is 0 Å². The number of hydrogen-bond acceptors (Lipinski definition) is 5. The zero-order valence-corrected chi connectivity index (χ0v) is 19.2. The maximum atomic E-state index is 13.4. The number of hydrogen-bond donors (Lipinski definition) is 1. The van der Waals surface area contributed by atoms with Crippen molar-refractivity contribution in [2.45, 2.75) is 68.3 Å². The molecule has 1 atom stereocenters. The quantitative estimate of drug-likeness (QED) is 0.745. The highest BCUT2D eigenvalue weighted by molar-refractivity contribution is 7.89. The largest absolute Gasteiger partial charge is 0.358 e. The van der Waals surface area contributed by atoms with E-state index in [0.717, 1.165) is 61.5 Å². The fourth-order valence-corrected chi connectivity index (χ4v) is 5.86. The standard InChI is InChI=1S/C22H32N4O4S/c1-24(2)31(29,30)17-11-12-18-20(14-17)26(22(28)19-10-6-7-13-25(18)19)15-21(27)23-16-8-4-3-5-9-16/h11-12,14,16,19H,3-10,13,15H2,1-2H3,(H,23,27)/t19-/m0/s1. The summed E-state index contributed by atoms with van der Waals surface area (Å²) in [6.07, 6.45) is 8.07. The first kappa shape index (κ1) is 22.1. The van der Waals surface area contributed by atoms with Gasteiger partial charge in [-0.05, 0) is 50.3 Å². The van der Waals surface area contributed by atoms with Gasteiger partial charge in [-0.1, -0.05) is 19.3 Å². The number of fused-ring (bicyclic) bond motifs is 3. The van der Waals surface area contributed by atoms with Crippen LogP contribution in [-0.4, -0.2) is 63.8 Å². The van der Waals surface area contributed by atoms with Gasteiger partial charge in [0.2, 0.25) is 21.8 Å². The molecule has 1 saturated carbocycles. The van der Waals surface area contributed by atoms with E-state index in [1.165, 1.54) is 25.4 Å². The summed E-state index contributed by atoms with van der Waals surface area (Å²) in [5.74, 6) is -0.304. The van der Waals surface area contributed by atoms with E-state index >= 15 is 0 Å². The molecule has 2 fully saturated rings. The number of anilines is 2. The minimum Gasteiger partial charge on any atom is -0.358 e. The van der Waals surface area contributed by atoms with Gasteiger partial charge in [0, 0.05) is 26.7 Å². The molecule has 8 nitrogen and oxygen atoms in total. The first-order valence-corrected chi connectivity index (χ1v) is 12.7. The average molecular weight is 449 g/mol. The normalized spacial score (nSPS) is 22.3. The molecule has 2 aliphatic heterocycles. The van der Waals surface area contributed by atoms with Gasteiger partial charge in [0.1, 0.15) is 12.6 Å². The van der Waals surface area contributed by atoms with Crippen LogP contribution in [-0.2, 0) is 19.6 Å². The summed E-state index contributed by atoms with van der Waals surface area (Å²) in [6, 6.07) is 4.78. The summed E-state index contributed by atoms with van der Waals surface area (Å²) >= 11 is 0. The number of piperidine rings is 1. The maximum absolute atomic E-state index is 13.4. The van der Waals surface area contributed by atoms with Gasteiger partial charge in [0.15, 0.2) is 0 Å². The Morgan fingerprint density at radius 3 is 2.48 bits per heavy atom. The number of nitrogens with zero attached hydrogens (tertiary/aromatic N) is 3. The summed E-state index contributed by atoms with van der Waals surface area (Å²) in [4.78, 5) is 29.9. The van der Waals surface area contributed by atoms with Crippen molar-refractivity contribution in [2.75, 3.05) is 37.0 Å². The van der Waals surface area contributed by atoms with Gasteiger partial charge in [-0.15, -0.1) is 0 Å². The summed E-state index contributed by atoms with van der Waals surface area (Å²) in [5, 5.41) is 3.08. The van der Waals surface area contributed by atoms with Crippen molar-refractivity contribution in [3.8, 4) is 0 Å². The number of carbonyl (C=O) groups is 2. The van der Waals surface area contributed by atoms with Gasteiger partial charge in [0.25, 0.3) is 0 Å². The Balaban J connectivity index is 1.67. The van der Waals surface area contributed by atoms with E-state index < -0.39 is 10.0 Å². The average Bonchev–Trinajstić information content (AvgIpc) is 2.76. The van der Waals surface area contributed by atoms with E-state index in [9.17, 15) is 18.0 Å². The van der Waals surface area contributed by atoms with Crippen molar-refractivity contribution < 1.29 is 18.0 Å². The van der Waals surface area contributed by atoms with Crippen molar-refractivity contribution in [3.63, 3.8) is 0 Å². The van der Waals surface area contributed by atoms with E-state index in [1.54, 1.807) is 18.2 Å². The topological polar surface area (TPSA) is 90.0 Å². The van der Waals surface area contributed by atoms with Gasteiger partial charge in [0.05, 0.1) is 16.3 Å². The molecule has 170 valence electrons. The monoisotopic (exact) mass is 448 g/mol. The Morgan fingerprint density at radius 1 is 1.06 bits per heavy atom. The van der Waals surface area contributed by atoms with Crippen LogP contribution in [0.15, 0.2) is 23.1 Å². The summed E-state index contributed by atoms with van der Waals surface area (Å²) < 4.78 is 26.6. The van der Waals surface area contributed by atoms with Crippen molar-refractivity contribution in [1.82, 2.24) is 9.62 Å². The molecule has 3 aliphatic rings. The Morgan fingerprint density at radius 2 is 1.77 bits per heavy atom. The lowest BCUT2D eigenvalue weighted by atomic mass is 9.95. The van der Waals surface area contributed by atoms with Crippen LogP contribution in [0.1, 0.15) is 51.4 Å². The van der Waals surface area contributed by atoms with Crippen LogP contribution in [0.2, 0.25) is 0 Å². The second-order valence-electron chi connectivity index (χ2n) is 8.97. The number of carbonyl (C=O) groups excluding carboxylic acids is 2. The Bertz CT molecular complexity index is 956. The second-order valence-corrected chi connectivity index (χ2v) is 11.1. The smallest absolute Gasteiger partial charge is 0.250 e. The molecule has 0 spiro atoms. The third kappa shape index (κ3) is 4.30. The van der Waals surface area contributed by atoms with E-state index in [2.05, 4.69) is 10.2 Å². The lowest BCUT2D eigenvalue weighted by molar-refractivity contribution is -0.125. The molecular formula is C22H32N4O4S. The minimum atomic E-state index is -3.66. The highest BCUT2D eigenvalue weighted by Crippen LogP contribution is 2.40. The van der Waals surface area contributed by atoms with Gasteiger partial charge in [-0.3, -0.25) is 14.5 Å². The maximum Gasteiger partial charge on any atom is 0.250 e. The zero-order valence-electron chi connectivity index (χ0n) is 18.3. The van der Waals surface area contributed by atoms with Crippen LogP contribution in [0.4, 0.5) is 11.4 Å².